The number of benzene rings is 1. The van der Waals surface area contributed by atoms with Gasteiger partial charge in [-0.15, -0.1) is 11.8 Å². The summed E-state index contributed by atoms with van der Waals surface area (Å²) in [7, 11) is 0. The van der Waals surface area contributed by atoms with Crippen LogP contribution in [0.15, 0.2) is 33.6 Å². The van der Waals surface area contributed by atoms with Crippen molar-refractivity contribution >= 4 is 27.7 Å². The molecule has 1 aliphatic carbocycles. The minimum absolute atomic E-state index is 0.310. The molecule has 4 heteroatoms. The van der Waals surface area contributed by atoms with Crippen molar-refractivity contribution < 1.29 is 0 Å². The molecule has 2 rings (SSSR count). The molecule has 20 heavy (non-hydrogen) atoms. The van der Waals surface area contributed by atoms with E-state index in [0.717, 1.165) is 29.5 Å². The number of hydrogen-bond acceptors (Lipinski definition) is 3. The smallest absolute Gasteiger partial charge is 0.106 e. The van der Waals surface area contributed by atoms with Gasteiger partial charge in [-0.3, -0.25) is 5.32 Å². The largest absolute Gasteiger partial charge is 0.297 e. The lowest BCUT2D eigenvalue weighted by Gasteiger charge is -2.26. The molecular formula is C16H21BrN2S. The zero-order chi connectivity index (χ0) is 14.4. The van der Waals surface area contributed by atoms with Gasteiger partial charge in [-0.05, 0) is 65.9 Å². The lowest BCUT2D eigenvalue weighted by Crippen LogP contribution is -2.44. The average Bonchev–Trinajstić information content (AvgIpc) is 3.28. The summed E-state index contributed by atoms with van der Waals surface area (Å²) in [4.78, 5) is 1.28. The normalized spacial score (nSPS) is 17.4. The summed E-state index contributed by atoms with van der Waals surface area (Å²) in [6, 6.07) is 11.4. The van der Waals surface area contributed by atoms with Gasteiger partial charge in [-0.1, -0.05) is 19.1 Å². The molecule has 108 valence electrons. The van der Waals surface area contributed by atoms with Gasteiger partial charge in [0.05, 0.1) is 6.07 Å². The molecule has 0 amide bonds. The van der Waals surface area contributed by atoms with Crippen LogP contribution in [-0.2, 0) is 0 Å². The van der Waals surface area contributed by atoms with Gasteiger partial charge in [0, 0.05) is 15.4 Å². The molecule has 0 bridgehead atoms. The van der Waals surface area contributed by atoms with E-state index in [1.165, 1.54) is 17.7 Å². The Balaban J connectivity index is 1.79. The number of nitrogens with one attached hydrogen (secondary N) is 1. The molecule has 1 atom stereocenters. The second kappa shape index (κ2) is 7.49. The SMILES string of the molecule is CCC(C#N)(CCCSc1ccccc1Br)NC1CC1. The zero-order valence-corrected chi connectivity index (χ0v) is 14.3. The van der Waals surface area contributed by atoms with Gasteiger partial charge in [0.25, 0.3) is 0 Å². The molecule has 1 fully saturated rings. The molecular weight excluding hydrogens is 332 g/mol. The van der Waals surface area contributed by atoms with Crippen molar-refractivity contribution in [3.05, 3.63) is 28.7 Å². The maximum Gasteiger partial charge on any atom is 0.106 e. The molecule has 0 radical (unpaired) electrons. The van der Waals surface area contributed by atoms with Gasteiger partial charge in [-0.2, -0.15) is 5.26 Å². The first-order chi connectivity index (χ1) is 9.69. The van der Waals surface area contributed by atoms with E-state index >= 15 is 0 Å². The van der Waals surface area contributed by atoms with E-state index < -0.39 is 0 Å². The Morgan fingerprint density at radius 3 is 2.80 bits per heavy atom. The maximum atomic E-state index is 9.49. The van der Waals surface area contributed by atoms with E-state index in [1.807, 2.05) is 17.8 Å². The minimum atomic E-state index is -0.310. The van der Waals surface area contributed by atoms with E-state index in [9.17, 15) is 5.26 Å². The number of hydrogen-bond donors (Lipinski definition) is 1. The Hall–Kier alpha value is -0.500. The summed E-state index contributed by atoms with van der Waals surface area (Å²) in [6.45, 7) is 2.11. The summed E-state index contributed by atoms with van der Waals surface area (Å²) in [5.74, 6) is 1.05. The Bertz CT molecular complexity index is 482. The predicted molar refractivity (Wildman–Crippen MR) is 88.9 cm³/mol. The molecule has 0 aromatic heterocycles. The van der Waals surface area contributed by atoms with Crippen LogP contribution in [0.2, 0.25) is 0 Å². The molecule has 1 saturated carbocycles. The fourth-order valence-corrected chi connectivity index (χ4v) is 3.77. The number of nitriles is 1. The second-order valence-electron chi connectivity index (χ2n) is 5.35. The highest BCUT2D eigenvalue weighted by atomic mass is 79.9. The Morgan fingerprint density at radius 1 is 1.45 bits per heavy atom. The van der Waals surface area contributed by atoms with Gasteiger partial charge >= 0.3 is 0 Å². The summed E-state index contributed by atoms with van der Waals surface area (Å²) in [5.41, 5.74) is -0.310. The summed E-state index contributed by atoms with van der Waals surface area (Å²) < 4.78 is 1.16. The third-order valence-electron chi connectivity index (χ3n) is 3.72. The monoisotopic (exact) mass is 352 g/mol. The summed E-state index contributed by atoms with van der Waals surface area (Å²) in [6.07, 6.45) is 5.35. The van der Waals surface area contributed by atoms with Crippen molar-refractivity contribution in [3.8, 4) is 6.07 Å². The van der Waals surface area contributed by atoms with E-state index in [4.69, 9.17) is 0 Å². The molecule has 0 saturated heterocycles. The molecule has 0 aliphatic heterocycles. The molecule has 2 nitrogen and oxygen atoms in total. The first-order valence-electron chi connectivity index (χ1n) is 7.25. The standard InChI is InChI=1S/C16H21BrN2S/c1-2-16(12-18,19-13-8-9-13)10-5-11-20-15-7-4-3-6-14(15)17/h3-4,6-7,13,19H,2,5,8-11H2,1H3. The van der Waals surface area contributed by atoms with Gasteiger partial charge in [0.2, 0.25) is 0 Å². The van der Waals surface area contributed by atoms with Gasteiger partial charge < -0.3 is 0 Å². The fraction of sp³-hybridized carbons (Fsp3) is 0.562. The molecule has 1 aliphatic rings. The Kier molecular flexibility index (Phi) is 5.95. The first kappa shape index (κ1) is 15.9. The first-order valence-corrected chi connectivity index (χ1v) is 9.03. The van der Waals surface area contributed by atoms with Crippen molar-refractivity contribution in [1.29, 1.82) is 5.26 Å². The van der Waals surface area contributed by atoms with Crippen molar-refractivity contribution in [2.75, 3.05) is 5.75 Å². The lowest BCUT2D eigenvalue weighted by molar-refractivity contribution is 0.367. The Labute approximate surface area is 134 Å². The van der Waals surface area contributed by atoms with E-state index in [-0.39, 0.29) is 5.54 Å². The highest BCUT2D eigenvalue weighted by Crippen LogP contribution is 2.30. The summed E-state index contributed by atoms with van der Waals surface area (Å²) in [5, 5.41) is 13.0. The van der Waals surface area contributed by atoms with Crippen molar-refractivity contribution in [3.63, 3.8) is 0 Å². The Morgan fingerprint density at radius 2 is 2.20 bits per heavy atom. The molecule has 1 N–H and O–H groups in total. The maximum absolute atomic E-state index is 9.49. The van der Waals surface area contributed by atoms with Crippen molar-refractivity contribution in [1.82, 2.24) is 5.32 Å². The lowest BCUT2D eigenvalue weighted by atomic mass is 9.92. The van der Waals surface area contributed by atoms with Gasteiger partial charge in [-0.25, -0.2) is 0 Å². The van der Waals surface area contributed by atoms with Crippen molar-refractivity contribution in [2.24, 2.45) is 0 Å². The van der Waals surface area contributed by atoms with Crippen LogP contribution in [0.4, 0.5) is 0 Å². The van der Waals surface area contributed by atoms with Crippen LogP contribution < -0.4 is 5.32 Å². The number of halogens is 1. The van der Waals surface area contributed by atoms with Crippen LogP contribution in [0, 0.1) is 11.3 Å². The van der Waals surface area contributed by atoms with Crippen LogP contribution in [0.25, 0.3) is 0 Å². The van der Waals surface area contributed by atoms with Crippen molar-refractivity contribution in [2.45, 2.75) is 55.5 Å². The predicted octanol–water partition coefficient (Wildman–Crippen LogP) is 4.75. The van der Waals surface area contributed by atoms with E-state index in [0.29, 0.717) is 6.04 Å². The molecule has 1 unspecified atom stereocenters. The van der Waals surface area contributed by atoms with Gasteiger partial charge in [0.15, 0.2) is 0 Å². The molecule has 0 heterocycles. The quantitative estimate of drug-likeness (QED) is 0.541. The van der Waals surface area contributed by atoms with Crippen LogP contribution in [-0.4, -0.2) is 17.3 Å². The average molecular weight is 353 g/mol. The summed E-state index contributed by atoms with van der Waals surface area (Å²) >= 11 is 5.43. The second-order valence-corrected chi connectivity index (χ2v) is 7.34. The molecule has 0 spiro atoms. The highest BCUT2D eigenvalue weighted by molar-refractivity contribution is 9.10. The highest BCUT2D eigenvalue weighted by Gasteiger charge is 2.34. The van der Waals surface area contributed by atoms with Crippen LogP contribution in [0.3, 0.4) is 0 Å². The fourth-order valence-electron chi connectivity index (χ4n) is 2.25. The van der Waals surface area contributed by atoms with E-state index in [1.54, 1.807) is 0 Å². The number of nitrogens with zero attached hydrogens (tertiary/aromatic N) is 1. The van der Waals surface area contributed by atoms with Crippen LogP contribution in [0.5, 0.6) is 0 Å². The minimum Gasteiger partial charge on any atom is -0.297 e. The third-order valence-corrected chi connectivity index (χ3v) is 5.83. The molecule has 1 aromatic rings. The van der Waals surface area contributed by atoms with Crippen LogP contribution >= 0.6 is 27.7 Å². The topological polar surface area (TPSA) is 35.8 Å². The number of thioether (sulfide) groups is 1. The zero-order valence-electron chi connectivity index (χ0n) is 11.9. The van der Waals surface area contributed by atoms with E-state index in [2.05, 4.69) is 52.4 Å². The molecule has 1 aromatic carbocycles. The third kappa shape index (κ3) is 4.51. The number of rotatable bonds is 8. The van der Waals surface area contributed by atoms with Crippen LogP contribution in [0.1, 0.15) is 39.0 Å². The van der Waals surface area contributed by atoms with Gasteiger partial charge in [0.1, 0.15) is 5.54 Å².